The Bertz CT molecular complexity index is 1380. The Morgan fingerprint density at radius 2 is 1.72 bits per heavy atom. The number of carbonyl (C=O) groups excluding carboxylic acids is 3. The minimum atomic E-state index is -1.02. The molecular weight excluding hydrogens is 607 g/mol. The van der Waals surface area contributed by atoms with Crippen LogP contribution in [-0.2, 0) is 30.0 Å². The van der Waals surface area contributed by atoms with Gasteiger partial charge in [-0.15, -0.1) is 0 Å². The summed E-state index contributed by atoms with van der Waals surface area (Å²) in [5, 5.41) is 9.26. The molecule has 12 nitrogen and oxygen atoms in total. The highest BCUT2D eigenvalue weighted by Crippen LogP contribution is 2.65. The van der Waals surface area contributed by atoms with Gasteiger partial charge in [-0.1, -0.05) is 19.9 Å². The third kappa shape index (κ3) is 7.28. The van der Waals surface area contributed by atoms with Gasteiger partial charge in [-0.3, -0.25) is 4.79 Å². The molecule has 5 atom stereocenters. The maximum atomic E-state index is 13.8. The van der Waals surface area contributed by atoms with E-state index in [1.54, 1.807) is 53.7 Å². The van der Waals surface area contributed by atoms with E-state index >= 15 is 0 Å². The second kappa shape index (κ2) is 12.5. The Balaban J connectivity index is 1.41. The third-order valence-electron chi connectivity index (χ3n) is 10.00. The second-order valence-corrected chi connectivity index (χ2v) is 16.2. The first-order valence-corrected chi connectivity index (χ1v) is 16.7. The summed E-state index contributed by atoms with van der Waals surface area (Å²) < 4.78 is 36.3. The number of ether oxygens (including phenoxy) is 4. The molecule has 6 rings (SSSR count). The number of nitrogens with zero attached hydrogens (tertiary/aromatic N) is 1. The van der Waals surface area contributed by atoms with E-state index < -0.39 is 55.1 Å². The zero-order chi connectivity index (χ0) is 34.7. The maximum absolute atomic E-state index is 13.8. The number of benzene rings is 1. The van der Waals surface area contributed by atoms with Crippen molar-refractivity contribution in [2.24, 2.45) is 23.0 Å². The highest BCUT2D eigenvalue weighted by Gasteiger charge is 2.67. The van der Waals surface area contributed by atoms with Gasteiger partial charge in [-0.2, -0.15) is 0 Å². The molecule has 1 amide bonds. The molecule has 0 unspecified atom stereocenters. The SMILES string of the molecule is CC(C)(C)OC(=O)Oc1c(CCB2O[C@@H]3C[C@@H]4C[C@@H](C4(C)C)[C@]3(C)O2)ccc(OC2CN(C(=O)[C@H](N)CO)C2)c1C(=O)OC(C)(C)C. The van der Waals surface area contributed by atoms with Gasteiger partial charge < -0.3 is 44.0 Å². The zero-order valence-electron chi connectivity index (χ0n) is 29.2. The molecule has 2 heterocycles. The summed E-state index contributed by atoms with van der Waals surface area (Å²) in [5.74, 6) is 0.0240. The Kier molecular flexibility index (Phi) is 9.46. The van der Waals surface area contributed by atoms with Gasteiger partial charge in [0.25, 0.3) is 0 Å². The van der Waals surface area contributed by atoms with E-state index in [1.807, 2.05) is 0 Å². The van der Waals surface area contributed by atoms with Gasteiger partial charge in [0.15, 0.2) is 5.75 Å². The van der Waals surface area contributed by atoms with Gasteiger partial charge in [0.1, 0.15) is 34.7 Å². The number of rotatable bonds is 9. The molecule has 2 aliphatic heterocycles. The van der Waals surface area contributed by atoms with Crippen molar-refractivity contribution >= 4 is 25.2 Å². The van der Waals surface area contributed by atoms with Crippen LogP contribution in [0.4, 0.5) is 4.79 Å². The smallest absolute Gasteiger partial charge is 0.486 e. The molecule has 3 aliphatic carbocycles. The van der Waals surface area contributed by atoms with E-state index in [4.69, 9.17) is 34.0 Å². The van der Waals surface area contributed by atoms with E-state index in [0.717, 1.165) is 12.8 Å². The predicted octanol–water partition coefficient (Wildman–Crippen LogP) is 4.14. The van der Waals surface area contributed by atoms with Crippen molar-refractivity contribution in [3.63, 3.8) is 0 Å². The molecule has 1 aromatic carbocycles. The normalized spacial score (nSPS) is 27.3. The highest BCUT2D eigenvalue weighted by molar-refractivity contribution is 6.45. The lowest BCUT2D eigenvalue weighted by atomic mass is 9.43. The minimum Gasteiger partial charge on any atom is -0.486 e. The van der Waals surface area contributed by atoms with Crippen LogP contribution in [0.2, 0.25) is 6.32 Å². The molecule has 2 saturated heterocycles. The topological polar surface area (TPSA) is 156 Å². The molecule has 0 spiro atoms. The standard InChI is InChI=1S/C34H51BN2O10/c1-31(2,3)44-29(40)26-23(42-21-16-37(17-21)28(39)22(36)18-38)11-10-19(27(26)43-30(41)45-32(4,5)6)12-13-35-46-25-15-20-14-24(33(20,7)8)34(25,9)47-35/h10-11,20-22,24-25,38H,12-18,36H2,1-9H3/t20-,22+,24-,25+,34-/m0/s1. The molecule has 13 heteroatoms. The molecular formula is C34H51BN2O10. The molecule has 260 valence electrons. The van der Waals surface area contributed by atoms with Crippen LogP contribution in [0.25, 0.3) is 0 Å². The summed E-state index contributed by atoms with van der Waals surface area (Å²) in [4.78, 5) is 40.7. The summed E-state index contributed by atoms with van der Waals surface area (Å²) in [6.45, 7) is 17.1. The van der Waals surface area contributed by atoms with Crippen LogP contribution in [0.15, 0.2) is 12.1 Å². The molecule has 1 aromatic rings. The van der Waals surface area contributed by atoms with Gasteiger partial charge in [-0.05, 0) is 103 Å². The van der Waals surface area contributed by atoms with Gasteiger partial charge in [0.05, 0.1) is 31.4 Å². The van der Waals surface area contributed by atoms with Crippen LogP contribution in [0.5, 0.6) is 11.5 Å². The molecule has 5 aliphatic rings. The lowest BCUT2D eigenvalue weighted by molar-refractivity contribution is -0.199. The minimum absolute atomic E-state index is 0.0226. The lowest BCUT2D eigenvalue weighted by Crippen LogP contribution is -2.65. The number of hydrogen-bond acceptors (Lipinski definition) is 11. The van der Waals surface area contributed by atoms with E-state index in [1.165, 1.54) is 4.90 Å². The van der Waals surface area contributed by atoms with E-state index in [-0.39, 0.29) is 47.3 Å². The fourth-order valence-corrected chi connectivity index (χ4v) is 7.43. The molecule has 5 fully saturated rings. The number of aliphatic hydroxyl groups excluding tert-OH is 1. The van der Waals surface area contributed by atoms with Gasteiger partial charge in [0, 0.05) is 0 Å². The Morgan fingerprint density at radius 3 is 2.32 bits per heavy atom. The van der Waals surface area contributed by atoms with Gasteiger partial charge in [0.2, 0.25) is 5.91 Å². The summed E-state index contributed by atoms with van der Waals surface area (Å²) in [7, 11) is -0.459. The molecule has 3 N–H and O–H groups in total. The molecule has 2 bridgehead atoms. The van der Waals surface area contributed by atoms with Crippen LogP contribution in [-0.4, -0.2) is 89.9 Å². The Labute approximate surface area is 278 Å². The first-order chi connectivity index (χ1) is 21.7. The van der Waals surface area contributed by atoms with E-state index in [0.29, 0.717) is 30.1 Å². The van der Waals surface area contributed by atoms with Crippen molar-refractivity contribution in [1.29, 1.82) is 0 Å². The fourth-order valence-electron chi connectivity index (χ4n) is 7.43. The molecule has 0 radical (unpaired) electrons. The number of nitrogens with two attached hydrogens (primary N) is 1. The van der Waals surface area contributed by atoms with Crippen LogP contribution in [0.1, 0.15) is 91.1 Å². The quantitative estimate of drug-likeness (QED) is 0.223. The molecule has 0 aromatic heterocycles. The van der Waals surface area contributed by atoms with Gasteiger partial charge in [-0.25, -0.2) is 9.59 Å². The van der Waals surface area contributed by atoms with Crippen molar-refractivity contribution in [2.75, 3.05) is 19.7 Å². The zero-order valence-corrected chi connectivity index (χ0v) is 29.2. The summed E-state index contributed by atoms with van der Waals surface area (Å²) >= 11 is 0. The van der Waals surface area contributed by atoms with Crippen LogP contribution >= 0.6 is 0 Å². The predicted molar refractivity (Wildman–Crippen MR) is 173 cm³/mol. The van der Waals surface area contributed by atoms with Crippen molar-refractivity contribution in [3.05, 3.63) is 23.3 Å². The monoisotopic (exact) mass is 658 g/mol. The molecule has 3 saturated carbocycles. The van der Waals surface area contributed by atoms with E-state index in [2.05, 4.69) is 20.8 Å². The Morgan fingerprint density at radius 1 is 1.06 bits per heavy atom. The van der Waals surface area contributed by atoms with Crippen LogP contribution in [0.3, 0.4) is 0 Å². The Hall–Kier alpha value is -2.87. The number of amides is 1. The second-order valence-electron chi connectivity index (χ2n) is 16.2. The number of aliphatic hydroxyl groups is 1. The average Bonchev–Trinajstić information content (AvgIpc) is 3.27. The largest absolute Gasteiger partial charge is 0.514 e. The lowest BCUT2D eigenvalue weighted by Gasteiger charge is -2.64. The molecule has 47 heavy (non-hydrogen) atoms. The maximum Gasteiger partial charge on any atom is 0.514 e. The first kappa shape index (κ1) is 35.4. The number of likely N-dealkylation sites (tertiary alicyclic amines) is 1. The van der Waals surface area contributed by atoms with Crippen molar-refractivity contribution in [1.82, 2.24) is 4.90 Å². The third-order valence-corrected chi connectivity index (χ3v) is 10.00. The van der Waals surface area contributed by atoms with Crippen molar-refractivity contribution in [2.45, 2.75) is 123 Å². The summed E-state index contributed by atoms with van der Waals surface area (Å²) in [5.41, 5.74) is 4.33. The van der Waals surface area contributed by atoms with Crippen LogP contribution in [0, 0.1) is 17.3 Å². The summed E-state index contributed by atoms with van der Waals surface area (Å²) in [6.07, 6.45) is 1.52. The number of carbonyl (C=O) groups is 3. The van der Waals surface area contributed by atoms with E-state index in [9.17, 15) is 19.5 Å². The van der Waals surface area contributed by atoms with Crippen molar-refractivity contribution in [3.8, 4) is 11.5 Å². The number of hydrogen-bond donors (Lipinski definition) is 2. The number of esters is 1. The number of aryl methyl sites for hydroxylation is 1. The first-order valence-electron chi connectivity index (χ1n) is 16.7. The highest BCUT2D eigenvalue weighted by atomic mass is 16.7. The van der Waals surface area contributed by atoms with Crippen LogP contribution < -0.4 is 15.2 Å². The average molecular weight is 659 g/mol. The van der Waals surface area contributed by atoms with Crippen molar-refractivity contribution < 1.29 is 47.7 Å². The van der Waals surface area contributed by atoms with Gasteiger partial charge >= 0.3 is 19.2 Å². The summed E-state index contributed by atoms with van der Waals surface area (Å²) in [6, 6.07) is 2.38. The fraction of sp³-hybridized carbons (Fsp3) is 0.735.